The number of aliphatic imine (C=N–C) groups is 1. The first-order valence-electron chi connectivity index (χ1n) is 7.00. The predicted octanol–water partition coefficient (Wildman–Crippen LogP) is 3.05. The van der Waals surface area contributed by atoms with Crippen LogP contribution in [0.3, 0.4) is 0 Å². The van der Waals surface area contributed by atoms with Crippen LogP contribution in [0, 0.1) is 0 Å². The maximum Gasteiger partial charge on any atom is 0.364 e. The van der Waals surface area contributed by atoms with Gasteiger partial charge in [0.05, 0.1) is 14.2 Å². The van der Waals surface area contributed by atoms with Crippen LogP contribution in [0.1, 0.15) is 11.1 Å². The van der Waals surface area contributed by atoms with Crippen molar-refractivity contribution in [2.75, 3.05) is 14.2 Å². The zero-order valence-corrected chi connectivity index (χ0v) is 12.8. The highest BCUT2D eigenvalue weighted by Gasteiger charge is 2.25. The van der Waals surface area contributed by atoms with E-state index >= 15 is 0 Å². The van der Waals surface area contributed by atoms with Crippen LogP contribution in [0.25, 0.3) is 6.08 Å². The van der Waals surface area contributed by atoms with Crippen LogP contribution in [0.2, 0.25) is 0 Å². The molecule has 0 unspecified atom stereocenters. The Hall–Kier alpha value is -3.08. The number of ether oxygens (including phenoxy) is 3. The first-order valence-corrected chi connectivity index (χ1v) is 7.00. The van der Waals surface area contributed by atoms with Gasteiger partial charge in [-0.1, -0.05) is 24.3 Å². The zero-order chi connectivity index (χ0) is 16.2. The Morgan fingerprint density at radius 1 is 1.00 bits per heavy atom. The van der Waals surface area contributed by atoms with Crippen LogP contribution in [0.4, 0.5) is 0 Å². The highest BCUT2D eigenvalue weighted by atomic mass is 16.6. The molecule has 1 aliphatic heterocycles. The molecular weight excluding hydrogens is 294 g/mol. The Bertz CT molecular complexity index is 791. The van der Waals surface area contributed by atoms with E-state index in [1.807, 2.05) is 24.3 Å². The van der Waals surface area contributed by atoms with Crippen molar-refractivity contribution in [2.45, 2.75) is 0 Å². The number of benzene rings is 2. The lowest BCUT2D eigenvalue weighted by atomic mass is 10.1. The molecule has 0 radical (unpaired) electrons. The van der Waals surface area contributed by atoms with Crippen molar-refractivity contribution in [2.24, 2.45) is 4.99 Å². The van der Waals surface area contributed by atoms with Gasteiger partial charge in [0.25, 0.3) is 0 Å². The summed E-state index contributed by atoms with van der Waals surface area (Å²) in [6.45, 7) is 0. The van der Waals surface area contributed by atoms with Crippen molar-refractivity contribution in [3.63, 3.8) is 0 Å². The van der Waals surface area contributed by atoms with Gasteiger partial charge in [0.1, 0.15) is 11.5 Å². The summed E-state index contributed by atoms with van der Waals surface area (Å²) in [5.74, 6) is 1.21. The average molecular weight is 309 g/mol. The van der Waals surface area contributed by atoms with Gasteiger partial charge in [0.2, 0.25) is 5.88 Å². The predicted molar refractivity (Wildman–Crippen MR) is 86.6 cm³/mol. The minimum Gasteiger partial charge on any atom is -0.497 e. The molecule has 0 atom stereocenters. The molecule has 1 aliphatic rings. The molecule has 0 spiro atoms. The molecule has 0 amide bonds. The Morgan fingerprint density at radius 2 is 1.74 bits per heavy atom. The summed E-state index contributed by atoms with van der Waals surface area (Å²) in [6, 6.07) is 14.5. The number of rotatable bonds is 4. The first kappa shape index (κ1) is 14.8. The highest BCUT2D eigenvalue weighted by Crippen LogP contribution is 2.22. The number of hydrogen-bond acceptors (Lipinski definition) is 5. The van der Waals surface area contributed by atoms with Crippen LogP contribution in [0.15, 0.2) is 59.4 Å². The molecule has 0 saturated carbocycles. The van der Waals surface area contributed by atoms with Crippen LogP contribution in [-0.4, -0.2) is 25.9 Å². The number of carbonyl (C=O) groups excluding carboxylic acids is 1. The van der Waals surface area contributed by atoms with Crippen LogP contribution < -0.4 is 9.47 Å². The van der Waals surface area contributed by atoms with E-state index in [4.69, 9.17) is 14.2 Å². The van der Waals surface area contributed by atoms with E-state index < -0.39 is 5.97 Å². The molecule has 1 heterocycles. The second kappa shape index (κ2) is 6.36. The summed E-state index contributed by atoms with van der Waals surface area (Å²) in [6.07, 6.45) is 1.70. The molecule has 3 rings (SSSR count). The molecule has 23 heavy (non-hydrogen) atoms. The van der Waals surface area contributed by atoms with Gasteiger partial charge < -0.3 is 14.2 Å². The summed E-state index contributed by atoms with van der Waals surface area (Å²) >= 11 is 0. The van der Waals surface area contributed by atoms with E-state index in [1.54, 1.807) is 44.6 Å². The Morgan fingerprint density at radius 3 is 2.43 bits per heavy atom. The zero-order valence-electron chi connectivity index (χ0n) is 12.8. The smallest absolute Gasteiger partial charge is 0.364 e. The maximum atomic E-state index is 12.0. The second-order valence-corrected chi connectivity index (χ2v) is 4.84. The normalized spacial score (nSPS) is 15.3. The molecule has 0 aliphatic carbocycles. The van der Waals surface area contributed by atoms with Crippen LogP contribution in [-0.2, 0) is 9.53 Å². The lowest BCUT2D eigenvalue weighted by Gasteiger charge is -2.01. The molecule has 0 saturated heterocycles. The van der Waals surface area contributed by atoms with Crippen molar-refractivity contribution in [1.29, 1.82) is 0 Å². The van der Waals surface area contributed by atoms with Crippen molar-refractivity contribution in [1.82, 2.24) is 0 Å². The molecule has 0 fully saturated rings. The molecule has 0 N–H and O–H groups in total. The lowest BCUT2D eigenvalue weighted by Crippen LogP contribution is -2.11. The molecule has 116 valence electrons. The number of esters is 1. The van der Waals surface area contributed by atoms with Gasteiger partial charge in [-0.2, -0.15) is 0 Å². The SMILES string of the molecule is COc1ccc(/C=C2\N=C(c3cccc(OC)c3)C(=O)O2)cc1. The fourth-order valence-electron chi connectivity index (χ4n) is 2.18. The molecule has 2 aromatic carbocycles. The average Bonchev–Trinajstić information content (AvgIpc) is 2.96. The van der Waals surface area contributed by atoms with Crippen molar-refractivity contribution in [3.05, 3.63) is 65.5 Å². The molecule has 5 heteroatoms. The molecule has 5 nitrogen and oxygen atoms in total. The van der Waals surface area contributed by atoms with E-state index in [2.05, 4.69) is 4.99 Å². The Kier molecular flexibility index (Phi) is 4.10. The van der Waals surface area contributed by atoms with Crippen molar-refractivity contribution in [3.8, 4) is 11.5 Å². The standard InChI is InChI=1S/C18H15NO4/c1-21-14-8-6-12(7-9-14)10-16-19-17(18(20)23-16)13-4-3-5-15(11-13)22-2/h3-11H,1-2H3/b16-10+. The highest BCUT2D eigenvalue weighted by molar-refractivity contribution is 6.45. The van der Waals surface area contributed by atoms with Gasteiger partial charge in [-0.3, -0.25) is 0 Å². The number of carbonyl (C=O) groups is 1. The van der Waals surface area contributed by atoms with Gasteiger partial charge in [0, 0.05) is 11.6 Å². The van der Waals surface area contributed by atoms with Gasteiger partial charge in [-0.05, 0) is 29.8 Å². The third-order valence-electron chi connectivity index (χ3n) is 3.36. The van der Waals surface area contributed by atoms with E-state index in [0.29, 0.717) is 11.3 Å². The molecule has 2 aromatic rings. The summed E-state index contributed by atoms with van der Waals surface area (Å²) in [7, 11) is 3.18. The van der Waals surface area contributed by atoms with Crippen LogP contribution >= 0.6 is 0 Å². The van der Waals surface area contributed by atoms with E-state index in [0.717, 1.165) is 11.3 Å². The minimum atomic E-state index is -0.474. The number of nitrogens with zero attached hydrogens (tertiary/aromatic N) is 1. The van der Waals surface area contributed by atoms with Gasteiger partial charge in [-0.15, -0.1) is 0 Å². The molecular formula is C18H15NO4. The maximum absolute atomic E-state index is 12.0. The van der Waals surface area contributed by atoms with Gasteiger partial charge in [0.15, 0.2) is 5.71 Å². The van der Waals surface area contributed by atoms with E-state index in [9.17, 15) is 4.79 Å². The fraction of sp³-hybridized carbons (Fsp3) is 0.111. The van der Waals surface area contributed by atoms with Crippen molar-refractivity contribution >= 4 is 17.8 Å². The summed E-state index contributed by atoms with van der Waals surface area (Å²) in [4.78, 5) is 16.3. The number of hydrogen-bond donors (Lipinski definition) is 0. The number of methoxy groups -OCH3 is 2. The van der Waals surface area contributed by atoms with Gasteiger partial charge >= 0.3 is 5.97 Å². The minimum absolute atomic E-state index is 0.262. The fourth-order valence-corrected chi connectivity index (χ4v) is 2.18. The van der Waals surface area contributed by atoms with E-state index in [-0.39, 0.29) is 11.6 Å². The van der Waals surface area contributed by atoms with E-state index in [1.165, 1.54) is 0 Å². The third kappa shape index (κ3) is 3.23. The monoisotopic (exact) mass is 309 g/mol. The quantitative estimate of drug-likeness (QED) is 0.815. The topological polar surface area (TPSA) is 57.1 Å². The largest absolute Gasteiger partial charge is 0.497 e. The summed E-state index contributed by atoms with van der Waals surface area (Å²) in [5.41, 5.74) is 1.79. The van der Waals surface area contributed by atoms with Crippen LogP contribution in [0.5, 0.6) is 11.5 Å². The summed E-state index contributed by atoms with van der Waals surface area (Å²) in [5, 5.41) is 0. The summed E-state index contributed by atoms with van der Waals surface area (Å²) < 4.78 is 15.5. The third-order valence-corrected chi connectivity index (χ3v) is 3.36. The molecule has 0 bridgehead atoms. The van der Waals surface area contributed by atoms with Gasteiger partial charge in [-0.25, -0.2) is 9.79 Å². The first-order chi connectivity index (χ1) is 11.2. The number of cyclic esters (lactones) is 1. The second-order valence-electron chi connectivity index (χ2n) is 4.84. The molecule has 0 aromatic heterocycles. The Balaban J connectivity index is 1.89. The lowest BCUT2D eigenvalue weighted by molar-refractivity contribution is -0.130. The van der Waals surface area contributed by atoms with Crippen molar-refractivity contribution < 1.29 is 19.0 Å². The Labute approximate surface area is 133 Å².